The number of nitrogens with zero attached hydrogens (tertiary/aromatic N) is 2. The molecule has 0 saturated carbocycles. The largest absolute Gasteiger partial charge is 0.373 e. The van der Waals surface area contributed by atoms with Gasteiger partial charge < -0.3 is 9.64 Å². The van der Waals surface area contributed by atoms with Crippen LogP contribution in [0.15, 0.2) is 53.4 Å². The van der Waals surface area contributed by atoms with Crippen molar-refractivity contribution in [1.29, 1.82) is 0 Å². The van der Waals surface area contributed by atoms with E-state index in [-0.39, 0.29) is 41.1 Å². The van der Waals surface area contributed by atoms with Crippen molar-refractivity contribution >= 4 is 27.5 Å². The van der Waals surface area contributed by atoms with E-state index >= 15 is 0 Å². The summed E-state index contributed by atoms with van der Waals surface area (Å²) in [6.07, 6.45) is 1.36. The molecule has 2 heterocycles. The second-order valence-electron chi connectivity index (χ2n) is 8.70. The topological polar surface area (TPSA) is 66.9 Å². The maximum absolute atomic E-state index is 13.3. The number of carbonyl (C=O) groups excluding carboxylic acids is 1. The highest BCUT2D eigenvalue weighted by Crippen LogP contribution is 2.31. The average Bonchev–Trinajstić information content (AvgIpc) is 2.79. The van der Waals surface area contributed by atoms with Gasteiger partial charge in [-0.3, -0.25) is 4.79 Å². The molecule has 2 aromatic carbocycles. The highest BCUT2D eigenvalue weighted by Gasteiger charge is 2.34. The second-order valence-corrected chi connectivity index (χ2v) is 11.0. The van der Waals surface area contributed by atoms with E-state index in [1.165, 1.54) is 22.0 Å². The lowest BCUT2D eigenvalue weighted by Gasteiger charge is -2.34. The fraction of sp³-hybridized carbons (Fsp3) is 0.458. The Morgan fingerprint density at radius 3 is 2.25 bits per heavy atom. The van der Waals surface area contributed by atoms with Crippen LogP contribution in [-0.4, -0.2) is 61.9 Å². The molecule has 0 radical (unpaired) electrons. The van der Waals surface area contributed by atoms with E-state index in [1.807, 2.05) is 32.0 Å². The standard InChI is InChI=1S/C24H29ClN2O4S/c1-17-15-27(16-18(2)31-17)32(29,30)23-14-21(8-9-22(23)25)24(28)26-12-10-20(11-13-26)19-6-4-3-5-7-19/h3-9,14,17-18,20H,10-13,15-16H2,1-2H3. The number of halogens is 1. The molecule has 0 aromatic heterocycles. The Morgan fingerprint density at radius 2 is 1.62 bits per heavy atom. The van der Waals surface area contributed by atoms with Crippen LogP contribution < -0.4 is 0 Å². The summed E-state index contributed by atoms with van der Waals surface area (Å²) in [5.41, 5.74) is 1.65. The Hall–Kier alpha value is -1.93. The molecule has 2 aliphatic rings. The summed E-state index contributed by atoms with van der Waals surface area (Å²) in [4.78, 5) is 14.9. The number of benzene rings is 2. The predicted octanol–water partition coefficient (Wildman–Crippen LogP) is 4.16. The Morgan fingerprint density at radius 1 is 1.00 bits per heavy atom. The van der Waals surface area contributed by atoms with Crippen molar-refractivity contribution in [2.24, 2.45) is 0 Å². The van der Waals surface area contributed by atoms with Gasteiger partial charge in [-0.25, -0.2) is 8.42 Å². The molecular weight excluding hydrogens is 448 g/mol. The Labute approximate surface area is 195 Å². The zero-order valence-electron chi connectivity index (χ0n) is 18.4. The minimum absolute atomic E-state index is 0.0227. The lowest BCUT2D eigenvalue weighted by Crippen LogP contribution is -2.48. The molecule has 6 nitrogen and oxygen atoms in total. The molecule has 0 bridgehead atoms. The first kappa shape index (κ1) is 23.2. The van der Waals surface area contributed by atoms with Gasteiger partial charge in [-0.15, -0.1) is 0 Å². The van der Waals surface area contributed by atoms with Crippen LogP contribution in [0.25, 0.3) is 0 Å². The molecule has 2 aliphatic heterocycles. The third kappa shape index (κ3) is 4.86. The summed E-state index contributed by atoms with van der Waals surface area (Å²) in [5.74, 6) is 0.278. The van der Waals surface area contributed by atoms with Crippen molar-refractivity contribution in [3.8, 4) is 0 Å². The van der Waals surface area contributed by atoms with Crippen molar-refractivity contribution in [3.05, 3.63) is 64.7 Å². The molecule has 2 aromatic rings. The van der Waals surface area contributed by atoms with Gasteiger partial charge in [-0.05, 0) is 56.4 Å². The maximum Gasteiger partial charge on any atom is 0.253 e. The zero-order valence-corrected chi connectivity index (χ0v) is 20.0. The van der Waals surface area contributed by atoms with Gasteiger partial charge in [0.25, 0.3) is 5.91 Å². The van der Waals surface area contributed by atoms with E-state index in [0.29, 0.717) is 24.6 Å². The molecule has 1 amide bonds. The minimum atomic E-state index is -3.84. The van der Waals surface area contributed by atoms with Crippen LogP contribution in [0, 0.1) is 0 Å². The molecule has 32 heavy (non-hydrogen) atoms. The molecule has 0 aliphatic carbocycles. The Bertz CT molecular complexity index is 1060. The molecule has 2 atom stereocenters. The summed E-state index contributed by atoms with van der Waals surface area (Å²) < 4.78 is 33.7. The zero-order chi connectivity index (χ0) is 22.9. The van der Waals surface area contributed by atoms with E-state index in [1.54, 1.807) is 11.0 Å². The molecule has 0 spiro atoms. The van der Waals surface area contributed by atoms with E-state index in [2.05, 4.69) is 12.1 Å². The Balaban J connectivity index is 1.51. The molecule has 4 rings (SSSR count). The van der Waals surface area contributed by atoms with Crippen molar-refractivity contribution in [3.63, 3.8) is 0 Å². The lowest BCUT2D eigenvalue weighted by atomic mass is 9.89. The molecule has 8 heteroatoms. The summed E-state index contributed by atoms with van der Waals surface area (Å²) in [6.45, 7) is 5.49. The number of rotatable bonds is 4. The number of likely N-dealkylation sites (tertiary alicyclic amines) is 1. The molecule has 2 fully saturated rings. The maximum atomic E-state index is 13.3. The van der Waals surface area contributed by atoms with Crippen LogP contribution >= 0.6 is 11.6 Å². The van der Waals surface area contributed by atoms with Crippen LogP contribution in [0.3, 0.4) is 0 Å². The second kappa shape index (κ2) is 9.51. The highest BCUT2D eigenvalue weighted by molar-refractivity contribution is 7.89. The SMILES string of the molecule is CC1CN(S(=O)(=O)c2cc(C(=O)N3CCC(c4ccccc4)CC3)ccc2Cl)CC(C)O1. The van der Waals surface area contributed by atoms with E-state index in [9.17, 15) is 13.2 Å². The van der Waals surface area contributed by atoms with Crippen LogP contribution in [0.5, 0.6) is 0 Å². The van der Waals surface area contributed by atoms with E-state index < -0.39 is 10.0 Å². The van der Waals surface area contributed by atoms with Crippen molar-refractivity contribution in [1.82, 2.24) is 9.21 Å². The minimum Gasteiger partial charge on any atom is -0.373 e. The number of hydrogen-bond donors (Lipinski definition) is 0. The van der Waals surface area contributed by atoms with Crippen LogP contribution in [0.1, 0.15) is 48.5 Å². The summed E-state index contributed by atoms with van der Waals surface area (Å²) in [5, 5.41) is 0.121. The number of hydrogen-bond acceptors (Lipinski definition) is 4. The normalized spacial score (nSPS) is 23.3. The summed E-state index contributed by atoms with van der Waals surface area (Å²) in [6, 6.07) is 14.9. The number of ether oxygens (including phenoxy) is 1. The third-order valence-corrected chi connectivity index (χ3v) is 8.55. The molecule has 172 valence electrons. The summed E-state index contributed by atoms with van der Waals surface area (Å²) in [7, 11) is -3.84. The number of amides is 1. The quantitative estimate of drug-likeness (QED) is 0.664. The molecule has 2 unspecified atom stereocenters. The Kier molecular flexibility index (Phi) is 6.91. The molecular formula is C24H29ClN2O4S. The van der Waals surface area contributed by atoms with Crippen molar-refractivity contribution in [2.75, 3.05) is 26.2 Å². The van der Waals surface area contributed by atoms with Gasteiger partial charge in [0.2, 0.25) is 10.0 Å². The third-order valence-electron chi connectivity index (χ3n) is 6.24. The smallest absolute Gasteiger partial charge is 0.253 e. The van der Waals surface area contributed by atoms with Crippen LogP contribution in [-0.2, 0) is 14.8 Å². The fourth-order valence-electron chi connectivity index (χ4n) is 4.62. The lowest BCUT2D eigenvalue weighted by molar-refractivity contribution is -0.0440. The fourth-order valence-corrected chi connectivity index (χ4v) is 6.71. The van der Waals surface area contributed by atoms with Crippen LogP contribution in [0.2, 0.25) is 5.02 Å². The van der Waals surface area contributed by atoms with Gasteiger partial charge in [0.05, 0.1) is 17.2 Å². The number of morpholine rings is 1. The first-order chi connectivity index (χ1) is 15.3. The van der Waals surface area contributed by atoms with Gasteiger partial charge in [0, 0.05) is 31.7 Å². The monoisotopic (exact) mass is 476 g/mol. The molecule has 0 N–H and O–H groups in total. The molecule has 2 saturated heterocycles. The van der Waals surface area contributed by atoms with E-state index in [4.69, 9.17) is 16.3 Å². The average molecular weight is 477 g/mol. The van der Waals surface area contributed by atoms with Gasteiger partial charge >= 0.3 is 0 Å². The predicted molar refractivity (Wildman–Crippen MR) is 125 cm³/mol. The summed E-state index contributed by atoms with van der Waals surface area (Å²) >= 11 is 6.29. The number of carbonyl (C=O) groups is 1. The van der Waals surface area contributed by atoms with Crippen molar-refractivity contribution < 1.29 is 17.9 Å². The number of sulfonamides is 1. The van der Waals surface area contributed by atoms with Crippen molar-refractivity contribution in [2.45, 2.75) is 49.7 Å². The van der Waals surface area contributed by atoms with Gasteiger partial charge in [0.15, 0.2) is 0 Å². The first-order valence-corrected chi connectivity index (χ1v) is 12.9. The van der Waals surface area contributed by atoms with Gasteiger partial charge in [-0.1, -0.05) is 41.9 Å². The highest BCUT2D eigenvalue weighted by atomic mass is 35.5. The van der Waals surface area contributed by atoms with Crippen LogP contribution in [0.4, 0.5) is 0 Å². The first-order valence-electron chi connectivity index (χ1n) is 11.0. The van der Waals surface area contributed by atoms with E-state index in [0.717, 1.165) is 12.8 Å². The van der Waals surface area contributed by atoms with Gasteiger partial charge in [0.1, 0.15) is 4.90 Å². The number of piperidine rings is 1. The van der Waals surface area contributed by atoms with Gasteiger partial charge in [-0.2, -0.15) is 4.31 Å².